The first kappa shape index (κ1) is 17.2. The van der Waals surface area contributed by atoms with Crippen molar-refractivity contribution in [3.63, 3.8) is 0 Å². The molecule has 2 rings (SSSR count). The zero-order valence-electron chi connectivity index (χ0n) is 14.3. The molecule has 1 aliphatic heterocycles. The van der Waals surface area contributed by atoms with E-state index in [0.717, 1.165) is 37.8 Å². The number of rotatable bonds is 6. The fourth-order valence-electron chi connectivity index (χ4n) is 3.70. The van der Waals surface area contributed by atoms with Gasteiger partial charge in [0.25, 0.3) is 0 Å². The lowest BCUT2D eigenvalue weighted by Crippen LogP contribution is -2.48. The van der Waals surface area contributed by atoms with Crippen molar-refractivity contribution in [1.82, 2.24) is 9.80 Å². The second-order valence-electron chi connectivity index (χ2n) is 7.46. The van der Waals surface area contributed by atoms with Crippen LogP contribution in [0.15, 0.2) is 0 Å². The van der Waals surface area contributed by atoms with Crippen LogP contribution < -0.4 is 5.73 Å². The van der Waals surface area contributed by atoms with E-state index in [9.17, 15) is 0 Å². The van der Waals surface area contributed by atoms with Crippen molar-refractivity contribution in [2.45, 2.75) is 45.1 Å². The lowest BCUT2D eigenvalue weighted by molar-refractivity contribution is -0.0809. The summed E-state index contributed by atoms with van der Waals surface area (Å²) in [6, 6.07) is 0. The van der Waals surface area contributed by atoms with Gasteiger partial charge in [-0.25, -0.2) is 0 Å². The highest BCUT2D eigenvalue weighted by atomic mass is 16.5. The Balaban J connectivity index is 1.70. The summed E-state index contributed by atoms with van der Waals surface area (Å²) in [6.07, 6.45) is 4.86. The fraction of sp³-hybridized carbons (Fsp3) is 1.00. The SMILES string of the molecule is CC(C)C1CCC(CN)(OCCN2CCN(C)CC2)CC1. The minimum atomic E-state index is -0.0298. The summed E-state index contributed by atoms with van der Waals surface area (Å²) >= 11 is 0. The molecule has 124 valence electrons. The van der Waals surface area contributed by atoms with Crippen molar-refractivity contribution >= 4 is 0 Å². The van der Waals surface area contributed by atoms with Crippen LogP contribution in [0.5, 0.6) is 0 Å². The van der Waals surface area contributed by atoms with E-state index in [0.29, 0.717) is 6.54 Å². The molecule has 0 spiro atoms. The van der Waals surface area contributed by atoms with E-state index in [4.69, 9.17) is 10.5 Å². The number of nitrogens with zero attached hydrogens (tertiary/aromatic N) is 2. The molecule has 0 aromatic heterocycles. The van der Waals surface area contributed by atoms with Crippen LogP contribution in [0.1, 0.15) is 39.5 Å². The normalized spacial score (nSPS) is 32.7. The maximum atomic E-state index is 6.30. The number of piperazine rings is 1. The van der Waals surface area contributed by atoms with Crippen LogP contribution in [-0.4, -0.2) is 68.3 Å². The van der Waals surface area contributed by atoms with Crippen molar-refractivity contribution in [2.24, 2.45) is 17.6 Å². The van der Waals surface area contributed by atoms with Gasteiger partial charge in [0, 0.05) is 39.3 Å². The summed E-state index contributed by atoms with van der Waals surface area (Å²) < 4.78 is 6.30. The summed E-state index contributed by atoms with van der Waals surface area (Å²) in [7, 11) is 2.20. The molecular formula is C17H35N3O. The molecule has 0 aromatic carbocycles. The van der Waals surface area contributed by atoms with Crippen LogP contribution in [0, 0.1) is 11.8 Å². The Bertz CT molecular complexity index is 292. The third-order valence-corrected chi connectivity index (χ3v) is 5.67. The quantitative estimate of drug-likeness (QED) is 0.812. The third kappa shape index (κ3) is 4.92. The minimum absolute atomic E-state index is 0.0298. The van der Waals surface area contributed by atoms with Crippen LogP contribution in [0.25, 0.3) is 0 Å². The summed E-state index contributed by atoms with van der Waals surface area (Å²) in [4.78, 5) is 4.91. The van der Waals surface area contributed by atoms with Gasteiger partial charge in [0.1, 0.15) is 0 Å². The van der Waals surface area contributed by atoms with E-state index in [1.807, 2.05) is 0 Å². The number of ether oxygens (including phenoxy) is 1. The number of nitrogens with two attached hydrogens (primary N) is 1. The van der Waals surface area contributed by atoms with E-state index in [1.54, 1.807) is 0 Å². The zero-order chi connectivity index (χ0) is 15.3. The summed E-state index contributed by atoms with van der Waals surface area (Å²) in [5.74, 6) is 1.66. The summed E-state index contributed by atoms with van der Waals surface area (Å²) in [5, 5.41) is 0. The van der Waals surface area contributed by atoms with E-state index in [1.165, 1.54) is 39.0 Å². The predicted molar refractivity (Wildman–Crippen MR) is 88.5 cm³/mol. The molecule has 0 unspecified atom stereocenters. The molecular weight excluding hydrogens is 262 g/mol. The molecule has 2 N–H and O–H groups in total. The molecule has 0 aromatic rings. The average molecular weight is 297 g/mol. The largest absolute Gasteiger partial charge is 0.372 e. The maximum Gasteiger partial charge on any atom is 0.0805 e. The lowest BCUT2D eigenvalue weighted by Gasteiger charge is -2.41. The van der Waals surface area contributed by atoms with Gasteiger partial charge in [0.2, 0.25) is 0 Å². The Labute approximate surface area is 131 Å². The topological polar surface area (TPSA) is 41.7 Å². The summed E-state index contributed by atoms with van der Waals surface area (Å²) in [6.45, 7) is 12.0. The molecule has 0 radical (unpaired) electrons. The maximum absolute atomic E-state index is 6.30. The highest BCUT2D eigenvalue weighted by Gasteiger charge is 2.35. The van der Waals surface area contributed by atoms with Crippen LogP contribution in [0.3, 0.4) is 0 Å². The van der Waals surface area contributed by atoms with E-state index in [-0.39, 0.29) is 5.60 Å². The second kappa shape index (κ2) is 7.91. The zero-order valence-corrected chi connectivity index (χ0v) is 14.3. The average Bonchev–Trinajstić information content (AvgIpc) is 2.50. The first-order valence-corrected chi connectivity index (χ1v) is 8.79. The van der Waals surface area contributed by atoms with Gasteiger partial charge in [-0.3, -0.25) is 4.90 Å². The monoisotopic (exact) mass is 297 g/mol. The van der Waals surface area contributed by atoms with Crippen molar-refractivity contribution in [2.75, 3.05) is 52.9 Å². The second-order valence-corrected chi connectivity index (χ2v) is 7.46. The highest BCUT2D eigenvalue weighted by Crippen LogP contribution is 2.37. The Kier molecular flexibility index (Phi) is 6.48. The minimum Gasteiger partial charge on any atom is -0.372 e. The Morgan fingerprint density at radius 2 is 1.76 bits per heavy atom. The van der Waals surface area contributed by atoms with Gasteiger partial charge < -0.3 is 15.4 Å². The smallest absolute Gasteiger partial charge is 0.0805 e. The van der Waals surface area contributed by atoms with Gasteiger partial charge in [-0.05, 0) is 44.6 Å². The van der Waals surface area contributed by atoms with Crippen LogP contribution in [0.2, 0.25) is 0 Å². The van der Waals surface area contributed by atoms with Crippen molar-refractivity contribution < 1.29 is 4.74 Å². The molecule has 2 aliphatic rings. The Morgan fingerprint density at radius 3 is 2.29 bits per heavy atom. The van der Waals surface area contributed by atoms with Crippen molar-refractivity contribution in [3.8, 4) is 0 Å². The van der Waals surface area contributed by atoms with Crippen molar-refractivity contribution in [3.05, 3.63) is 0 Å². The molecule has 4 heteroatoms. The number of hydrogen-bond donors (Lipinski definition) is 1. The van der Waals surface area contributed by atoms with Gasteiger partial charge in [-0.1, -0.05) is 13.8 Å². The molecule has 2 fully saturated rings. The molecule has 1 saturated carbocycles. The first-order valence-electron chi connectivity index (χ1n) is 8.79. The fourth-order valence-corrected chi connectivity index (χ4v) is 3.70. The van der Waals surface area contributed by atoms with Gasteiger partial charge in [0.05, 0.1) is 12.2 Å². The standard InChI is InChI=1S/C17H35N3O/c1-15(2)16-4-6-17(14-18,7-5-16)21-13-12-20-10-8-19(3)9-11-20/h15-16H,4-14,18H2,1-3H3. The molecule has 0 amide bonds. The van der Waals surface area contributed by atoms with Crippen LogP contribution in [0.4, 0.5) is 0 Å². The van der Waals surface area contributed by atoms with Crippen LogP contribution >= 0.6 is 0 Å². The van der Waals surface area contributed by atoms with E-state index in [2.05, 4.69) is 30.7 Å². The molecule has 21 heavy (non-hydrogen) atoms. The molecule has 0 bridgehead atoms. The van der Waals surface area contributed by atoms with Crippen LogP contribution in [-0.2, 0) is 4.74 Å². The van der Waals surface area contributed by atoms with E-state index >= 15 is 0 Å². The Morgan fingerprint density at radius 1 is 1.14 bits per heavy atom. The number of hydrogen-bond acceptors (Lipinski definition) is 4. The van der Waals surface area contributed by atoms with Gasteiger partial charge in [0.15, 0.2) is 0 Å². The molecule has 4 nitrogen and oxygen atoms in total. The molecule has 1 aliphatic carbocycles. The predicted octanol–water partition coefficient (Wildman–Crippen LogP) is 1.79. The van der Waals surface area contributed by atoms with Gasteiger partial charge in [-0.2, -0.15) is 0 Å². The molecule has 1 heterocycles. The first-order chi connectivity index (χ1) is 10.0. The highest BCUT2D eigenvalue weighted by molar-refractivity contribution is 4.89. The number of likely N-dealkylation sites (N-methyl/N-ethyl adjacent to an activating group) is 1. The van der Waals surface area contributed by atoms with E-state index < -0.39 is 0 Å². The van der Waals surface area contributed by atoms with Gasteiger partial charge in [-0.15, -0.1) is 0 Å². The molecule has 1 saturated heterocycles. The third-order valence-electron chi connectivity index (χ3n) is 5.67. The Hall–Kier alpha value is -0.160. The lowest BCUT2D eigenvalue weighted by atomic mass is 9.74. The molecule has 0 atom stereocenters. The van der Waals surface area contributed by atoms with Crippen molar-refractivity contribution in [1.29, 1.82) is 0 Å². The summed E-state index contributed by atoms with van der Waals surface area (Å²) in [5.41, 5.74) is 6.02. The van der Waals surface area contributed by atoms with Gasteiger partial charge >= 0.3 is 0 Å².